The van der Waals surface area contributed by atoms with Crippen molar-refractivity contribution in [2.75, 3.05) is 29.9 Å². The number of aromatic nitrogens is 5. The largest absolute Gasteiger partial charge is 0.352 e. The van der Waals surface area contributed by atoms with Gasteiger partial charge in [0.25, 0.3) is 11.8 Å². The van der Waals surface area contributed by atoms with Crippen LogP contribution in [0.1, 0.15) is 173 Å². The van der Waals surface area contributed by atoms with Gasteiger partial charge in [0.15, 0.2) is 5.13 Å². The number of para-hydroxylation sites is 1. The highest BCUT2D eigenvalue weighted by atomic mass is 32.1. The Hall–Kier alpha value is -7.31. The highest BCUT2D eigenvalue weighted by Crippen LogP contribution is 2.60. The van der Waals surface area contributed by atoms with Crippen LogP contribution < -0.4 is 26.2 Å². The third-order valence-corrected chi connectivity index (χ3v) is 21.3. The van der Waals surface area contributed by atoms with Crippen molar-refractivity contribution in [1.82, 2.24) is 45.6 Å². The van der Waals surface area contributed by atoms with Crippen LogP contribution in [0, 0.1) is 42.4 Å². The smallest absolute Gasteiger partial charge is 0.270 e. The molecule has 7 aromatic rings. The number of amides is 5. The first-order chi connectivity index (χ1) is 42.0. The number of carbonyl (C=O) groups excluding carboxylic acids is 5. The van der Waals surface area contributed by atoms with Crippen LogP contribution >= 0.6 is 22.7 Å². The summed E-state index contributed by atoms with van der Waals surface area (Å²) in [5.41, 5.74) is 11.2. The highest BCUT2D eigenvalue weighted by Gasteiger charge is 2.51. The number of hydrogen-bond donors (Lipinski definition) is 4. The van der Waals surface area contributed by atoms with Crippen molar-refractivity contribution in [3.05, 3.63) is 130 Å². The average Bonchev–Trinajstić information content (AvgIpc) is 1.44. The van der Waals surface area contributed by atoms with E-state index in [0.29, 0.717) is 79.5 Å². The van der Waals surface area contributed by atoms with E-state index >= 15 is 0 Å². The standard InChI is InChI=1S/C69H83N11O5S2/c1-42(48-22-24-50(25-23-48)61-43(2)71-41-86-61)73-64(83)56-19-15-30-79(56)66(85)62(68(4,5)6)76-59(81)21-10-8-7-9-13-29-70-65(84)60-51(53-38-72-80(44(53)3)40-69-35-45-32-46(36-69)34-47(33-45)37-69)26-27-58(75-60)78-31-28-49-16-14-17-52(54(49)39-78)63(82)77-67-74-55-18-11-12-20-57(55)87-67/h11-12,14,16-18,20,22-27,38,41-42,45-47,56,62H,7-10,13,15,19,21,28-37,39-40H2,1-6H3,(H,70,84)(H,73,83)(H,76,81)(H,74,77,82)/t42-,45?,46?,47?,56-,62+,69?/m0/s1. The average molecular weight is 1210 g/mol. The van der Waals surface area contributed by atoms with Crippen LogP contribution in [0.25, 0.3) is 31.8 Å². The van der Waals surface area contributed by atoms with E-state index < -0.39 is 17.5 Å². The molecule has 5 fully saturated rings. The number of benzene rings is 3. The number of thiazole rings is 2. The first-order valence-corrected chi connectivity index (χ1v) is 33.4. The van der Waals surface area contributed by atoms with Gasteiger partial charge in [-0.3, -0.25) is 34.0 Å². The van der Waals surface area contributed by atoms with E-state index in [0.717, 1.165) is 110 Å². The molecular formula is C69H83N11O5S2. The molecule has 3 aromatic carbocycles. The molecule has 4 aliphatic carbocycles. The maximum Gasteiger partial charge on any atom is 0.270 e. The van der Waals surface area contributed by atoms with Gasteiger partial charge in [-0.2, -0.15) is 5.10 Å². The summed E-state index contributed by atoms with van der Waals surface area (Å²) in [4.78, 5) is 89.4. The molecule has 1 saturated heterocycles. The predicted octanol–water partition coefficient (Wildman–Crippen LogP) is 12.8. The summed E-state index contributed by atoms with van der Waals surface area (Å²) in [5, 5.41) is 18.1. The molecule has 0 spiro atoms. The Balaban J connectivity index is 0.655. The van der Waals surface area contributed by atoms with Crippen LogP contribution in [0.4, 0.5) is 10.9 Å². The normalized spacial score (nSPS) is 21.2. The minimum Gasteiger partial charge on any atom is -0.352 e. The summed E-state index contributed by atoms with van der Waals surface area (Å²) >= 11 is 3.06. The van der Waals surface area contributed by atoms with E-state index in [2.05, 4.69) is 65.9 Å². The lowest BCUT2D eigenvalue weighted by molar-refractivity contribution is -0.144. The minimum atomic E-state index is -0.788. The van der Waals surface area contributed by atoms with Gasteiger partial charge in [0.1, 0.15) is 23.6 Å². The van der Waals surface area contributed by atoms with Crippen molar-refractivity contribution >= 4 is 73.4 Å². The van der Waals surface area contributed by atoms with E-state index in [1.54, 1.807) is 16.2 Å². The van der Waals surface area contributed by atoms with E-state index in [1.807, 2.05) is 107 Å². The van der Waals surface area contributed by atoms with Gasteiger partial charge in [0, 0.05) is 61.5 Å². The molecule has 18 heteroatoms. The Morgan fingerprint density at radius 1 is 0.793 bits per heavy atom. The second-order valence-electron chi connectivity index (χ2n) is 26.8. The first-order valence-electron chi connectivity index (χ1n) is 31.7. The quantitative estimate of drug-likeness (QED) is 0.0503. The number of fused-ring (bicyclic) bond motifs is 2. The zero-order chi connectivity index (χ0) is 60.6. The second kappa shape index (κ2) is 25.4. The third-order valence-electron chi connectivity index (χ3n) is 19.4. The number of unbranched alkanes of at least 4 members (excludes halogenated alkanes) is 4. The molecule has 87 heavy (non-hydrogen) atoms. The fourth-order valence-corrected chi connectivity index (χ4v) is 16.9. The fraction of sp³-hybridized carbons (Fsp3) is 0.493. The number of carbonyl (C=O) groups is 5. The fourth-order valence-electron chi connectivity index (χ4n) is 15.2. The van der Waals surface area contributed by atoms with Crippen molar-refractivity contribution < 1.29 is 24.0 Å². The Morgan fingerprint density at radius 2 is 1.54 bits per heavy atom. The Kier molecular flexibility index (Phi) is 17.5. The molecule has 6 heterocycles. The molecular weight excluding hydrogens is 1130 g/mol. The summed E-state index contributed by atoms with van der Waals surface area (Å²) in [5.74, 6) is 2.14. The van der Waals surface area contributed by atoms with Crippen molar-refractivity contribution in [2.24, 2.45) is 28.6 Å². The summed E-state index contributed by atoms with van der Waals surface area (Å²) in [7, 11) is 0. The van der Waals surface area contributed by atoms with Crippen LogP contribution in [-0.2, 0) is 33.9 Å². The number of pyridine rings is 1. The van der Waals surface area contributed by atoms with Crippen LogP contribution in [0.2, 0.25) is 0 Å². The summed E-state index contributed by atoms with van der Waals surface area (Å²) in [6, 6.07) is 24.3. The molecule has 0 radical (unpaired) electrons. The SMILES string of the molecule is Cc1ncsc1-c1ccc([C@H](C)NC(=O)[C@@H]2CCCN2C(=O)[C@@H](NC(=O)CCCCCCCNC(=O)c2nc(N3CCc4cccc(C(=O)Nc5nc6ccccc6s5)c4C3)ccc2-c2cnn(CC34CC5CC(CC(C5)C3)C4)c2C)C(C)(C)C)cc1. The monoisotopic (exact) mass is 1210 g/mol. The number of rotatable bonds is 21. The van der Waals surface area contributed by atoms with Crippen LogP contribution in [0.5, 0.6) is 0 Å². The number of nitrogens with one attached hydrogen (secondary N) is 4. The van der Waals surface area contributed by atoms with Gasteiger partial charge in [-0.25, -0.2) is 15.0 Å². The molecule has 3 atom stereocenters. The number of nitrogens with zero attached hydrogens (tertiary/aromatic N) is 7. The molecule has 4 saturated carbocycles. The van der Waals surface area contributed by atoms with Gasteiger partial charge in [-0.15, -0.1) is 11.3 Å². The number of likely N-dealkylation sites (tertiary alicyclic amines) is 1. The van der Waals surface area contributed by atoms with Crippen LogP contribution in [-0.4, -0.2) is 90.9 Å². The lowest BCUT2D eigenvalue weighted by atomic mass is 9.49. The van der Waals surface area contributed by atoms with Gasteiger partial charge in [0.05, 0.1) is 38.5 Å². The molecule has 4 aromatic heterocycles. The Bertz CT molecular complexity index is 3620. The molecule has 4 N–H and O–H groups in total. The molecule has 16 nitrogen and oxygen atoms in total. The topological polar surface area (TPSA) is 196 Å². The van der Waals surface area contributed by atoms with Gasteiger partial charge in [0.2, 0.25) is 17.7 Å². The van der Waals surface area contributed by atoms with Crippen molar-refractivity contribution in [3.63, 3.8) is 0 Å². The Morgan fingerprint density at radius 3 is 2.28 bits per heavy atom. The van der Waals surface area contributed by atoms with E-state index in [9.17, 15) is 24.0 Å². The van der Waals surface area contributed by atoms with Gasteiger partial charge in [-0.1, -0.05) is 99.9 Å². The number of aryl methyl sites for hydroxylation is 1. The van der Waals surface area contributed by atoms with Gasteiger partial charge in [-0.05, 0) is 173 Å². The maximum absolute atomic E-state index is 14.6. The van der Waals surface area contributed by atoms with Crippen LogP contribution in [0.3, 0.4) is 0 Å². The molecule has 5 amide bonds. The molecule has 2 aliphatic heterocycles. The lowest BCUT2D eigenvalue weighted by Gasteiger charge is -2.56. The molecule has 6 aliphatic rings. The second-order valence-corrected chi connectivity index (χ2v) is 28.7. The molecule has 4 bridgehead atoms. The van der Waals surface area contributed by atoms with Crippen LogP contribution in [0.15, 0.2) is 90.6 Å². The minimum absolute atomic E-state index is 0.180. The van der Waals surface area contributed by atoms with Crippen molar-refractivity contribution in [1.29, 1.82) is 0 Å². The zero-order valence-electron chi connectivity index (χ0n) is 51.3. The summed E-state index contributed by atoms with van der Waals surface area (Å²) in [6.07, 6.45) is 16.2. The van der Waals surface area contributed by atoms with Crippen molar-refractivity contribution in [2.45, 2.75) is 169 Å². The maximum atomic E-state index is 14.6. The van der Waals surface area contributed by atoms with E-state index in [1.165, 1.54) is 49.9 Å². The summed E-state index contributed by atoms with van der Waals surface area (Å²) in [6.45, 7) is 14.9. The predicted molar refractivity (Wildman–Crippen MR) is 345 cm³/mol. The third kappa shape index (κ3) is 13.1. The highest BCUT2D eigenvalue weighted by molar-refractivity contribution is 7.22. The molecule has 456 valence electrons. The van der Waals surface area contributed by atoms with E-state index in [4.69, 9.17) is 10.1 Å². The van der Waals surface area contributed by atoms with Gasteiger partial charge >= 0.3 is 0 Å². The molecule has 13 rings (SSSR count). The number of anilines is 2. The Labute approximate surface area is 519 Å². The van der Waals surface area contributed by atoms with Gasteiger partial charge < -0.3 is 25.8 Å². The van der Waals surface area contributed by atoms with E-state index in [-0.39, 0.29) is 42.0 Å². The number of hydrogen-bond acceptors (Lipinski definition) is 12. The zero-order valence-corrected chi connectivity index (χ0v) is 52.9. The summed E-state index contributed by atoms with van der Waals surface area (Å²) < 4.78 is 3.21. The first kappa shape index (κ1) is 60.0. The van der Waals surface area contributed by atoms with Crippen molar-refractivity contribution in [3.8, 4) is 21.6 Å². The molecule has 0 unspecified atom stereocenters. The lowest BCUT2D eigenvalue weighted by Crippen LogP contribution is -2.57.